The minimum atomic E-state index is -0.0656. The second kappa shape index (κ2) is 17.0. The number of benzene rings is 2. The van der Waals surface area contributed by atoms with Gasteiger partial charge in [0.2, 0.25) is 0 Å². The number of methoxy groups -OCH3 is 1. The van der Waals surface area contributed by atoms with Gasteiger partial charge in [-0.1, -0.05) is 18.2 Å². The van der Waals surface area contributed by atoms with Crippen molar-refractivity contribution in [2.75, 3.05) is 65.3 Å². The number of aromatic hydroxyl groups is 1. The summed E-state index contributed by atoms with van der Waals surface area (Å²) in [7, 11) is 3.69. The van der Waals surface area contributed by atoms with E-state index in [2.05, 4.69) is 44.9 Å². The van der Waals surface area contributed by atoms with Crippen LogP contribution in [0.4, 0.5) is 5.69 Å². The van der Waals surface area contributed by atoms with Crippen LogP contribution in [0.15, 0.2) is 78.5 Å². The lowest BCUT2D eigenvalue weighted by molar-refractivity contribution is 0.0352. The second-order valence-corrected chi connectivity index (χ2v) is 17.1. The van der Waals surface area contributed by atoms with Crippen LogP contribution < -0.4 is 22.5 Å². The van der Waals surface area contributed by atoms with E-state index in [1.165, 1.54) is 55.0 Å². The maximum absolute atomic E-state index is 13.8. The lowest BCUT2D eigenvalue weighted by Crippen LogP contribution is -2.50. The molecule has 4 heterocycles. The molecule has 0 spiro atoms. The molecule has 12 heteroatoms. The Bertz CT molecular complexity index is 2170. The molecule has 4 aliphatic rings. The Kier molecular flexibility index (Phi) is 11.6. The zero-order valence-corrected chi connectivity index (χ0v) is 34.4. The number of carbonyl (C=O) groups is 1. The zero-order valence-electron chi connectivity index (χ0n) is 34.4. The maximum atomic E-state index is 13.8. The first kappa shape index (κ1) is 39.6. The Labute approximate surface area is 342 Å². The number of pyridine rings is 1. The molecular weight excluding hydrogens is 727 g/mol. The molecule has 2 saturated carbocycles. The van der Waals surface area contributed by atoms with E-state index in [4.69, 9.17) is 26.9 Å². The topological polar surface area (TPSA) is 164 Å². The van der Waals surface area contributed by atoms with Crippen molar-refractivity contribution >= 4 is 28.3 Å². The van der Waals surface area contributed by atoms with Crippen LogP contribution in [0, 0.1) is 12.8 Å². The number of nitrogens with two attached hydrogens (primary N) is 3. The Morgan fingerprint density at radius 1 is 0.931 bits per heavy atom. The Morgan fingerprint density at radius 2 is 1.69 bits per heavy atom. The van der Waals surface area contributed by atoms with E-state index in [0.717, 1.165) is 61.6 Å². The molecule has 308 valence electrons. The van der Waals surface area contributed by atoms with Gasteiger partial charge < -0.3 is 46.7 Å². The number of fused-ring (bicyclic) bond motifs is 1. The number of carbonyl (C=O) groups excluding carboxylic acids is 1. The van der Waals surface area contributed by atoms with E-state index in [-0.39, 0.29) is 29.5 Å². The van der Waals surface area contributed by atoms with E-state index in [1.807, 2.05) is 36.3 Å². The number of nitrogens with zero attached hydrogens (tertiary/aromatic N) is 5. The summed E-state index contributed by atoms with van der Waals surface area (Å²) in [5, 5.41) is 15.0. The fourth-order valence-electron chi connectivity index (χ4n) is 9.79. The van der Waals surface area contributed by atoms with Crippen molar-refractivity contribution in [1.82, 2.24) is 24.3 Å². The van der Waals surface area contributed by atoms with E-state index in [0.29, 0.717) is 47.9 Å². The van der Waals surface area contributed by atoms with Crippen molar-refractivity contribution in [3.05, 3.63) is 106 Å². The molecule has 8 rings (SSSR count). The SMILES string of the molecule is CNc1cnc2c(c1)c(C1CC1)cn2C1CCC(CN2CCN(C(=O)c3ccc(C4CC(OC)CN(C(/C=C(\N)c5ccccc5O)=C(N)N)C4)c(C)c3)CC2)CC1. The third-order valence-corrected chi connectivity index (χ3v) is 13.2. The number of rotatable bonds is 11. The zero-order chi connectivity index (χ0) is 40.5. The van der Waals surface area contributed by atoms with Crippen LogP contribution in [-0.2, 0) is 4.74 Å². The van der Waals surface area contributed by atoms with E-state index < -0.39 is 0 Å². The van der Waals surface area contributed by atoms with E-state index >= 15 is 0 Å². The van der Waals surface area contributed by atoms with Gasteiger partial charge in [-0.3, -0.25) is 9.69 Å². The number of allylic oxidation sites excluding steroid dienone is 1. The first-order chi connectivity index (χ1) is 28.1. The van der Waals surface area contributed by atoms with Crippen LogP contribution in [0.5, 0.6) is 5.75 Å². The van der Waals surface area contributed by atoms with Gasteiger partial charge in [0.1, 0.15) is 17.2 Å². The lowest BCUT2D eigenvalue weighted by atomic mass is 9.85. The maximum Gasteiger partial charge on any atom is 0.253 e. The molecule has 2 aromatic heterocycles. The summed E-state index contributed by atoms with van der Waals surface area (Å²) in [6, 6.07) is 15.9. The van der Waals surface area contributed by atoms with E-state index in [1.54, 1.807) is 31.4 Å². The van der Waals surface area contributed by atoms with Gasteiger partial charge in [0, 0.05) is 100 Å². The summed E-state index contributed by atoms with van der Waals surface area (Å²) in [4.78, 5) is 25.5. The van der Waals surface area contributed by atoms with Crippen LogP contribution in [0.25, 0.3) is 16.7 Å². The first-order valence-electron chi connectivity index (χ1n) is 21.2. The third-order valence-electron chi connectivity index (χ3n) is 13.2. The fourth-order valence-corrected chi connectivity index (χ4v) is 9.79. The molecule has 12 nitrogen and oxygen atoms in total. The largest absolute Gasteiger partial charge is 0.507 e. The average molecular weight is 788 g/mol. The summed E-state index contributed by atoms with van der Waals surface area (Å²) in [5.41, 5.74) is 27.1. The number of ether oxygens (including phenoxy) is 1. The molecule has 2 aliphatic heterocycles. The van der Waals surface area contributed by atoms with Crippen molar-refractivity contribution in [3.63, 3.8) is 0 Å². The van der Waals surface area contributed by atoms with Gasteiger partial charge in [0.05, 0.1) is 23.7 Å². The van der Waals surface area contributed by atoms with Gasteiger partial charge in [-0.15, -0.1) is 0 Å². The number of hydrogen-bond acceptors (Lipinski definition) is 10. The average Bonchev–Trinajstić information content (AvgIpc) is 4.02. The number of hydrogen-bond donors (Lipinski definition) is 5. The summed E-state index contributed by atoms with van der Waals surface area (Å²) in [6.45, 7) is 7.74. The molecule has 4 fully saturated rings. The lowest BCUT2D eigenvalue weighted by Gasteiger charge is -2.40. The summed E-state index contributed by atoms with van der Waals surface area (Å²) >= 11 is 0. The molecule has 8 N–H and O–H groups in total. The predicted molar refractivity (Wildman–Crippen MR) is 231 cm³/mol. The number of phenols is 1. The van der Waals surface area contributed by atoms with Gasteiger partial charge in [0.15, 0.2) is 0 Å². The molecule has 0 bridgehead atoms. The predicted octanol–water partition coefficient (Wildman–Crippen LogP) is 6.05. The molecule has 4 aromatic rings. The minimum absolute atomic E-state index is 0.0656. The minimum Gasteiger partial charge on any atom is -0.507 e. The summed E-state index contributed by atoms with van der Waals surface area (Å²) in [6.07, 6.45) is 14.3. The molecule has 1 amide bonds. The highest BCUT2D eigenvalue weighted by Gasteiger charge is 2.33. The van der Waals surface area contributed by atoms with Crippen molar-refractivity contribution in [3.8, 4) is 5.75 Å². The molecule has 58 heavy (non-hydrogen) atoms. The smallest absolute Gasteiger partial charge is 0.253 e. The molecule has 2 aliphatic carbocycles. The number of aromatic nitrogens is 2. The monoisotopic (exact) mass is 787 g/mol. The van der Waals surface area contributed by atoms with Crippen LogP contribution in [-0.4, -0.2) is 101 Å². The Balaban J connectivity index is 0.857. The van der Waals surface area contributed by atoms with Gasteiger partial charge in [-0.2, -0.15) is 0 Å². The van der Waals surface area contributed by atoms with Gasteiger partial charge in [0.25, 0.3) is 5.91 Å². The Morgan fingerprint density at radius 3 is 2.36 bits per heavy atom. The third kappa shape index (κ3) is 8.35. The van der Waals surface area contributed by atoms with Crippen molar-refractivity contribution < 1.29 is 14.6 Å². The van der Waals surface area contributed by atoms with Crippen molar-refractivity contribution in [2.24, 2.45) is 23.1 Å². The van der Waals surface area contributed by atoms with Gasteiger partial charge >= 0.3 is 0 Å². The Hall–Kier alpha value is -5.20. The van der Waals surface area contributed by atoms with Crippen molar-refractivity contribution in [1.29, 1.82) is 0 Å². The number of likely N-dealkylation sites (tertiary alicyclic amines) is 1. The number of para-hydroxylation sites is 1. The van der Waals surface area contributed by atoms with Gasteiger partial charge in [-0.25, -0.2) is 4.98 Å². The second-order valence-electron chi connectivity index (χ2n) is 17.1. The normalized spacial score (nSPS) is 23.3. The molecule has 2 atom stereocenters. The first-order valence-corrected chi connectivity index (χ1v) is 21.2. The molecule has 2 unspecified atom stereocenters. The highest BCUT2D eigenvalue weighted by molar-refractivity contribution is 5.94. The number of anilines is 1. The number of aryl methyl sites for hydroxylation is 1. The highest BCUT2D eigenvalue weighted by Crippen LogP contribution is 2.46. The molecule has 2 aromatic carbocycles. The molecule has 0 radical (unpaired) electrons. The number of piperazine rings is 1. The van der Waals surface area contributed by atoms with Gasteiger partial charge in [-0.05, 0) is 117 Å². The number of phenolic OH excluding ortho intramolecular Hbond substituents is 1. The number of piperidine rings is 1. The molecule has 2 saturated heterocycles. The summed E-state index contributed by atoms with van der Waals surface area (Å²) < 4.78 is 8.39. The van der Waals surface area contributed by atoms with Crippen LogP contribution in [0.1, 0.15) is 95.4 Å². The van der Waals surface area contributed by atoms with E-state index in [9.17, 15) is 9.90 Å². The number of nitrogens with one attached hydrogen (secondary N) is 1. The summed E-state index contributed by atoms with van der Waals surface area (Å²) in [5.74, 6) is 1.83. The standard InChI is InChI=1S/C46H61N9O3/c1-29-20-32(12-15-37(29)33-21-36(58-3)27-54(26-33)42(44(48)49)23-41(47)38-6-4-5-7-43(38)56)46(57)53-18-16-52(17-19-53)25-30-8-13-35(14-9-30)55-28-40(31-10-11-31)39-22-34(50-2)24-51-45(39)55/h4-7,12,15,20,22-24,28,30-31,33,35-36,50,56H,8-11,13-14,16-19,21,25-27,47-49H2,1-3H3/b41-23-. The highest BCUT2D eigenvalue weighted by atomic mass is 16.5. The van der Waals surface area contributed by atoms with Crippen LogP contribution >= 0.6 is 0 Å². The van der Waals surface area contributed by atoms with Crippen LogP contribution in [0.2, 0.25) is 0 Å². The molecular formula is C46H61N9O3. The number of amides is 1. The quantitative estimate of drug-likeness (QED) is 0.113. The fraction of sp³-hybridized carbons (Fsp3) is 0.478. The van der Waals surface area contributed by atoms with Crippen molar-refractivity contribution in [2.45, 2.75) is 75.9 Å². The van der Waals surface area contributed by atoms with Crippen LogP contribution in [0.3, 0.4) is 0 Å².